The Kier molecular flexibility index (Phi) is 6.51. The Bertz CT molecular complexity index is 1550. The number of nitrogens with zero attached hydrogens (tertiary/aromatic N) is 4. The van der Waals surface area contributed by atoms with Crippen LogP contribution in [0, 0.1) is 15.9 Å². The Morgan fingerprint density at radius 3 is 2.58 bits per heavy atom. The van der Waals surface area contributed by atoms with Crippen molar-refractivity contribution in [3.63, 3.8) is 0 Å². The maximum atomic E-state index is 14.0. The lowest BCUT2D eigenvalue weighted by molar-refractivity contribution is -0.384. The number of non-ortho nitro benzene ring substituents is 1. The largest absolute Gasteiger partial charge is 0.339 e. The zero-order valence-corrected chi connectivity index (χ0v) is 19.9. The van der Waals surface area contributed by atoms with Crippen molar-refractivity contribution in [3.05, 3.63) is 104 Å². The molecule has 3 aromatic carbocycles. The molecule has 0 radical (unpaired) electrons. The van der Waals surface area contributed by atoms with Crippen molar-refractivity contribution < 1.29 is 14.1 Å². The Balaban J connectivity index is 1.59. The number of fused-ring (bicyclic) bond motifs is 1. The van der Waals surface area contributed by atoms with Crippen LogP contribution in [0.25, 0.3) is 16.6 Å². The van der Waals surface area contributed by atoms with Gasteiger partial charge in [0, 0.05) is 36.5 Å². The highest BCUT2D eigenvalue weighted by Crippen LogP contribution is 2.27. The van der Waals surface area contributed by atoms with Crippen molar-refractivity contribution in [2.45, 2.75) is 23.8 Å². The predicted octanol–water partition coefficient (Wildman–Crippen LogP) is 4.96. The number of halogens is 1. The fraction of sp³-hybridized carbons (Fsp3) is 0.192. The molecule has 0 spiro atoms. The average molecular weight is 505 g/mol. The van der Waals surface area contributed by atoms with Crippen molar-refractivity contribution in [2.75, 3.05) is 13.1 Å². The van der Waals surface area contributed by atoms with Gasteiger partial charge in [-0.2, -0.15) is 0 Å². The maximum absolute atomic E-state index is 14.0. The molecule has 4 aromatic rings. The number of likely N-dealkylation sites (tertiary alicyclic amines) is 1. The summed E-state index contributed by atoms with van der Waals surface area (Å²) in [6.45, 7) is 1.41. The minimum atomic E-state index is -0.499. The molecule has 0 atom stereocenters. The van der Waals surface area contributed by atoms with Crippen LogP contribution >= 0.6 is 11.8 Å². The van der Waals surface area contributed by atoms with Crippen LogP contribution in [0.3, 0.4) is 0 Å². The Morgan fingerprint density at radius 2 is 1.83 bits per heavy atom. The van der Waals surface area contributed by atoms with Crippen LogP contribution < -0.4 is 5.56 Å². The summed E-state index contributed by atoms with van der Waals surface area (Å²) in [5.74, 6) is -0.307. The number of hydrogen-bond donors (Lipinski definition) is 0. The summed E-state index contributed by atoms with van der Waals surface area (Å²) in [5, 5.41) is 11.7. The molecule has 5 rings (SSSR count). The summed E-state index contributed by atoms with van der Waals surface area (Å²) >= 11 is 1.20. The van der Waals surface area contributed by atoms with Crippen molar-refractivity contribution >= 4 is 34.3 Å². The number of nitro benzene ring substituents is 1. The molecule has 8 nitrogen and oxygen atoms in total. The van der Waals surface area contributed by atoms with E-state index in [9.17, 15) is 24.1 Å². The van der Waals surface area contributed by atoms with Crippen molar-refractivity contribution in [1.82, 2.24) is 14.5 Å². The van der Waals surface area contributed by atoms with Crippen LogP contribution in [0.2, 0.25) is 0 Å². The second kappa shape index (κ2) is 9.90. The first-order valence-electron chi connectivity index (χ1n) is 11.4. The van der Waals surface area contributed by atoms with Gasteiger partial charge >= 0.3 is 0 Å². The molecule has 0 unspecified atom stereocenters. The van der Waals surface area contributed by atoms with Crippen LogP contribution in [0.5, 0.6) is 0 Å². The molecule has 1 aliphatic heterocycles. The lowest BCUT2D eigenvalue weighted by Crippen LogP contribution is -2.28. The number of aromatic nitrogens is 2. The van der Waals surface area contributed by atoms with Gasteiger partial charge in [-0.25, -0.2) is 9.37 Å². The van der Waals surface area contributed by atoms with Crippen LogP contribution in [0.15, 0.2) is 76.7 Å². The number of carbonyl (C=O) groups excluding carboxylic acids is 1. The minimum absolute atomic E-state index is 0.0350. The highest BCUT2D eigenvalue weighted by atomic mass is 32.2. The standard InChI is InChI=1S/C26H21FN4O4S/c27-19-6-4-7-20(15-19)30-25(33)22-10-9-18(24(32)29-11-1-2-12-29)14-23(22)28-26(30)36-16-17-5-3-8-21(13-17)31(34)35/h3-10,13-15H,1-2,11-12,16H2. The van der Waals surface area contributed by atoms with Crippen molar-refractivity contribution in [2.24, 2.45) is 0 Å². The lowest BCUT2D eigenvalue weighted by Gasteiger charge is -2.16. The summed E-state index contributed by atoms with van der Waals surface area (Å²) in [6.07, 6.45) is 1.93. The monoisotopic (exact) mass is 504 g/mol. The normalized spacial score (nSPS) is 13.3. The minimum Gasteiger partial charge on any atom is -0.339 e. The van der Waals surface area contributed by atoms with Gasteiger partial charge in [0.2, 0.25) is 0 Å². The van der Waals surface area contributed by atoms with Crippen LogP contribution in [0.1, 0.15) is 28.8 Å². The maximum Gasteiger partial charge on any atom is 0.269 e. The molecule has 2 heterocycles. The van der Waals surface area contributed by atoms with E-state index in [1.165, 1.54) is 46.7 Å². The average Bonchev–Trinajstić information content (AvgIpc) is 3.42. The van der Waals surface area contributed by atoms with E-state index in [1.807, 2.05) is 0 Å². The summed E-state index contributed by atoms with van der Waals surface area (Å²) < 4.78 is 15.4. The molecule has 1 aromatic heterocycles. The summed E-state index contributed by atoms with van der Waals surface area (Å²) in [6, 6.07) is 16.7. The second-order valence-corrected chi connectivity index (χ2v) is 9.40. The molecule has 1 aliphatic rings. The third-order valence-electron chi connectivity index (χ3n) is 6.03. The number of hydrogen-bond acceptors (Lipinski definition) is 6. The lowest BCUT2D eigenvalue weighted by atomic mass is 10.1. The van der Waals surface area contributed by atoms with Crippen LogP contribution in [-0.4, -0.2) is 38.4 Å². The number of thioether (sulfide) groups is 1. The van der Waals surface area contributed by atoms with Gasteiger partial charge < -0.3 is 4.90 Å². The van der Waals surface area contributed by atoms with Crippen molar-refractivity contribution in [3.8, 4) is 5.69 Å². The highest BCUT2D eigenvalue weighted by Gasteiger charge is 2.21. The molecule has 10 heteroatoms. The Morgan fingerprint density at radius 1 is 1.06 bits per heavy atom. The summed E-state index contributed by atoms with van der Waals surface area (Å²) in [5.41, 5.74) is 1.37. The van der Waals surface area contributed by atoms with Crippen LogP contribution in [0.4, 0.5) is 10.1 Å². The molecular formula is C26H21FN4O4S. The van der Waals surface area contributed by atoms with E-state index in [-0.39, 0.29) is 16.8 Å². The van der Waals surface area contributed by atoms with E-state index in [1.54, 1.807) is 41.3 Å². The number of carbonyl (C=O) groups is 1. The molecule has 0 saturated carbocycles. The molecule has 36 heavy (non-hydrogen) atoms. The summed E-state index contributed by atoms with van der Waals surface area (Å²) in [4.78, 5) is 43.6. The van der Waals surface area contributed by atoms with Crippen LogP contribution in [-0.2, 0) is 5.75 Å². The zero-order valence-electron chi connectivity index (χ0n) is 19.1. The fourth-order valence-corrected chi connectivity index (χ4v) is 5.20. The molecule has 1 amide bonds. The Labute approximate surface area is 209 Å². The van der Waals surface area contributed by atoms with E-state index in [4.69, 9.17) is 0 Å². The van der Waals surface area contributed by atoms with E-state index in [0.29, 0.717) is 46.6 Å². The first-order chi connectivity index (χ1) is 17.4. The van der Waals surface area contributed by atoms with E-state index < -0.39 is 16.3 Å². The summed E-state index contributed by atoms with van der Waals surface area (Å²) in [7, 11) is 0. The number of amides is 1. The highest BCUT2D eigenvalue weighted by molar-refractivity contribution is 7.98. The van der Waals surface area contributed by atoms with Gasteiger partial charge in [0.15, 0.2) is 5.16 Å². The molecule has 1 fully saturated rings. The molecule has 0 bridgehead atoms. The third kappa shape index (κ3) is 4.72. The molecule has 182 valence electrons. The molecule has 0 aliphatic carbocycles. The zero-order chi connectivity index (χ0) is 25.2. The van der Waals surface area contributed by atoms with Gasteiger partial charge in [-0.3, -0.25) is 24.3 Å². The first-order valence-corrected chi connectivity index (χ1v) is 12.4. The van der Waals surface area contributed by atoms with Gasteiger partial charge in [-0.05, 0) is 54.8 Å². The Hall–Kier alpha value is -4.05. The fourth-order valence-electron chi connectivity index (χ4n) is 4.25. The van der Waals surface area contributed by atoms with Gasteiger partial charge in [0.1, 0.15) is 5.82 Å². The smallest absolute Gasteiger partial charge is 0.269 e. The van der Waals surface area contributed by atoms with Gasteiger partial charge in [-0.1, -0.05) is 30.0 Å². The third-order valence-corrected chi connectivity index (χ3v) is 7.04. The molecule has 1 saturated heterocycles. The topological polar surface area (TPSA) is 98.3 Å². The quantitative estimate of drug-likeness (QED) is 0.159. The molecule has 0 N–H and O–H groups in total. The number of rotatable bonds is 6. The van der Waals surface area contributed by atoms with Gasteiger partial charge in [0.05, 0.1) is 21.5 Å². The van der Waals surface area contributed by atoms with Gasteiger partial charge in [0.25, 0.3) is 17.2 Å². The predicted molar refractivity (Wildman–Crippen MR) is 135 cm³/mol. The van der Waals surface area contributed by atoms with E-state index in [2.05, 4.69) is 4.98 Å². The molecular weight excluding hydrogens is 483 g/mol. The van der Waals surface area contributed by atoms with Crippen molar-refractivity contribution in [1.29, 1.82) is 0 Å². The second-order valence-electron chi connectivity index (χ2n) is 8.46. The van der Waals surface area contributed by atoms with Gasteiger partial charge in [-0.15, -0.1) is 0 Å². The number of nitro groups is 1. The number of benzene rings is 3. The SMILES string of the molecule is O=C(c1ccc2c(=O)n(-c3cccc(F)c3)c(SCc3cccc([N+](=O)[O-])c3)nc2c1)N1CCCC1. The first kappa shape index (κ1) is 23.7. The van der Waals surface area contributed by atoms with E-state index in [0.717, 1.165) is 12.8 Å². The van der Waals surface area contributed by atoms with E-state index >= 15 is 0 Å².